The van der Waals surface area contributed by atoms with Gasteiger partial charge in [0, 0.05) is 47.9 Å². The number of aromatic amines is 1. The largest absolute Gasteiger partial charge is 0.488 e. The third kappa shape index (κ3) is 4.90. The number of amides is 2. The highest BCUT2D eigenvalue weighted by Crippen LogP contribution is 2.39. The molecule has 212 valence electrons. The van der Waals surface area contributed by atoms with Crippen LogP contribution >= 0.6 is 0 Å². The number of rotatable bonds is 7. The normalized spacial score (nSPS) is 12.7. The number of hydrogen-bond donors (Lipinski definition) is 2. The zero-order valence-electron chi connectivity index (χ0n) is 23.3. The van der Waals surface area contributed by atoms with Gasteiger partial charge in [-0.15, -0.1) is 0 Å². The van der Waals surface area contributed by atoms with Gasteiger partial charge in [0.1, 0.15) is 18.2 Å². The maximum absolute atomic E-state index is 15.2. The van der Waals surface area contributed by atoms with Crippen LogP contribution in [0.2, 0.25) is 0 Å². The van der Waals surface area contributed by atoms with Crippen molar-refractivity contribution in [2.24, 2.45) is 0 Å². The number of ether oxygens (including phenoxy) is 1. The summed E-state index contributed by atoms with van der Waals surface area (Å²) in [7, 11) is 3.40. The number of aliphatic hydroxyl groups excluding tert-OH is 1. The summed E-state index contributed by atoms with van der Waals surface area (Å²) in [5.74, 6) is -0.514. The molecule has 0 fully saturated rings. The van der Waals surface area contributed by atoms with Crippen molar-refractivity contribution in [2.45, 2.75) is 19.1 Å². The van der Waals surface area contributed by atoms with Crippen LogP contribution in [-0.4, -0.2) is 53.5 Å². The molecule has 1 aliphatic heterocycles. The predicted molar refractivity (Wildman–Crippen MR) is 160 cm³/mol. The van der Waals surface area contributed by atoms with E-state index in [0.717, 1.165) is 27.6 Å². The highest BCUT2D eigenvalue weighted by molar-refractivity contribution is 6.08. The van der Waals surface area contributed by atoms with Gasteiger partial charge >= 0.3 is 0 Å². The topological polar surface area (TPSA) is 85.9 Å². The molecule has 5 aromatic rings. The number of H-pyrrole nitrogens is 1. The molecular formula is C34H30FN3O4. The van der Waals surface area contributed by atoms with Gasteiger partial charge in [0.05, 0.1) is 18.3 Å². The maximum Gasteiger partial charge on any atom is 0.258 e. The van der Waals surface area contributed by atoms with Gasteiger partial charge in [-0.2, -0.15) is 0 Å². The quantitative estimate of drug-likeness (QED) is 0.261. The van der Waals surface area contributed by atoms with Crippen molar-refractivity contribution < 1.29 is 23.8 Å². The number of halogens is 1. The van der Waals surface area contributed by atoms with Crippen molar-refractivity contribution in [2.75, 3.05) is 25.6 Å². The fraction of sp³-hybridized carbons (Fsp3) is 0.176. The minimum atomic E-state index is -0.743. The minimum absolute atomic E-state index is 0.0857. The van der Waals surface area contributed by atoms with E-state index in [0.29, 0.717) is 35.5 Å². The molecule has 1 aromatic heterocycles. The molecule has 0 radical (unpaired) electrons. The van der Waals surface area contributed by atoms with Crippen LogP contribution in [-0.2, 0) is 13.0 Å². The van der Waals surface area contributed by atoms with Crippen LogP contribution in [0.1, 0.15) is 31.8 Å². The van der Waals surface area contributed by atoms with Gasteiger partial charge in [-0.05, 0) is 71.6 Å². The Kier molecular flexibility index (Phi) is 7.22. The molecule has 42 heavy (non-hydrogen) atoms. The van der Waals surface area contributed by atoms with Crippen molar-refractivity contribution in [3.63, 3.8) is 0 Å². The molecule has 0 aliphatic carbocycles. The van der Waals surface area contributed by atoms with Crippen LogP contribution in [0.25, 0.3) is 22.0 Å². The van der Waals surface area contributed by atoms with Crippen molar-refractivity contribution in [1.29, 1.82) is 0 Å². The molecule has 0 saturated carbocycles. The summed E-state index contributed by atoms with van der Waals surface area (Å²) in [4.78, 5) is 32.9. The van der Waals surface area contributed by atoms with Crippen LogP contribution in [0, 0.1) is 5.82 Å². The molecule has 6 rings (SSSR count). The summed E-state index contributed by atoms with van der Waals surface area (Å²) in [5, 5.41) is 11.5. The van der Waals surface area contributed by atoms with E-state index in [1.54, 1.807) is 56.6 Å². The number of aliphatic hydroxyl groups is 1. The molecule has 0 saturated heterocycles. The number of benzene rings is 4. The third-order valence-electron chi connectivity index (χ3n) is 7.70. The second kappa shape index (κ2) is 11.1. The van der Waals surface area contributed by atoms with Gasteiger partial charge < -0.3 is 19.7 Å². The van der Waals surface area contributed by atoms with E-state index in [1.165, 1.54) is 15.9 Å². The Labute approximate surface area is 242 Å². The van der Waals surface area contributed by atoms with E-state index in [-0.39, 0.29) is 18.2 Å². The molecule has 2 N–H and O–H groups in total. The summed E-state index contributed by atoms with van der Waals surface area (Å²) >= 11 is 0. The van der Waals surface area contributed by atoms with Crippen molar-refractivity contribution in [3.8, 4) is 16.9 Å². The monoisotopic (exact) mass is 563 g/mol. The number of nitrogens with zero attached hydrogens (tertiary/aromatic N) is 2. The van der Waals surface area contributed by atoms with Gasteiger partial charge in [-0.3, -0.25) is 14.5 Å². The zero-order valence-corrected chi connectivity index (χ0v) is 23.3. The number of para-hydroxylation sites is 2. The molecule has 0 spiro atoms. The average Bonchev–Trinajstić information content (AvgIpc) is 3.43. The van der Waals surface area contributed by atoms with Gasteiger partial charge in [0.2, 0.25) is 0 Å². The molecular weight excluding hydrogens is 533 g/mol. The van der Waals surface area contributed by atoms with Crippen LogP contribution in [0.15, 0.2) is 91.1 Å². The summed E-state index contributed by atoms with van der Waals surface area (Å²) in [6.07, 6.45) is 2.17. The van der Waals surface area contributed by atoms with Gasteiger partial charge in [-0.25, -0.2) is 4.39 Å². The van der Waals surface area contributed by atoms with Crippen LogP contribution in [0.4, 0.5) is 10.1 Å². The minimum Gasteiger partial charge on any atom is -0.488 e. The number of carbonyl (C=O) groups excluding carboxylic acids is 2. The summed E-state index contributed by atoms with van der Waals surface area (Å²) < 4.78 is 21.2. The van der Waals surface area contributed by atoms with Crippen LogP contribution in [0.3, 0.4) is 0 Å². The molecule has 0 bridgehead atoms. The lowest BCUT2D eigenvalue weighted by atomic mass is 9.93. The predicted octanol–water partition coefficient (Wildman–Crippen LogP) is 5.82. The van der Waals surface area contributed by atoms with E-state index in [1.807, 2.05) is 42.6 Å². The number of aromatic nitrogens is 1. The number of hydrogen-bond acceptors (Lipinski definition) is 4. The second-order valence-corrected chi connectivity index (χ2v) is 10.6. The van der Waals surface area contributed by atoms with E-state index in [4.69, 9.17) is 4.74 Å². The number of fused-ring (bicyclic) bond motifs is 4. The molecule has 2 amide bonds. The second-order valence-electron chi connectivity index (χ2n) is 10.6. The lowest BCUT2D eigenvalue weighted by Crippen LogP contribution is -2.44. The highest BCUT2D eigenvalue weighted by Gasteiger charge is 2.30. The maximum atomic E-state index is 15.2. The summed E-state index contributed by atoms with van der Waals surface area (Å²) in [6, 6.07) is 23.7. The van der Waals surface area contributed by atoms with Gasteiger partial charge in [-0.1, -0.05) is 36.4 Å². The number of anilines is 1. The molecule has 4 aromatic carbocycles. The zero-order chi connectivity index (χ0) is 29.4. The summed E-state index contributed by atoms with van der Waals surface area (Å²) in [6.45, 7) is -0.0815. The first-order chi connectivity index (χ1) is 20.4. The molecule has 1 aliphatic rings. The molecule has 0 unspecified atom stereocenters. The highest BCUT2D eigenvalue weighted by atomic mass is 19.1. The van der Waals surface area contributed by atoms with E-state index in [9.17, 15) is 14.7 Å². The third-order valence-corrected chi connectivity index (χ3v) is 7.70. The van der Waals surface area contributed by atoms with Crippen molar-refractivity contribution >= 4 is 28.4 Å². The first-order valence-corrected chi connectivity index (χ1v) is 13.7. The molecule has 8 heteroatoms. The Morgan fingerprint density at radius 3 is 2.45 bits per heavy atom. The lowest BCUT2D eigenvalue weighted by Gasteiger charge is -2.31. The van der Waals surface area contributed by atoms with Crippen molar-refractivity contribution in [3.05, 3.63) is 119 Å². The summed E-state index contributed by atoms with van der Waals surface area (Å²) in [5.41, 5.74) is 5.20. The van der Waals surface area contributed by atoms with E-state index in [2.05, 4.69) is 4.98 Å². The van der Waals surface area contributed by atoms with Gasteiger partial charge in [0.25, 0.3) is 11.8 Å². The SMILES string of the molecule is CN(C)C(=O)c1ccc2c(c1)COc1ccc(C(=O)N(c3ccccc3F)[C@@H](CO)Cc3c[nH]c4ccccc34)cc1-2. The van der Waals surface area contributed by atoms with Crippen molar-refractivity contribution in [1.82, 2.24) is 9.88 Å². The van der Waals surface area contributed by atoms with Crippen LogP contribution < -0.4 is 9.64 Å². The molecule has 2 heterocycles. The van der Waals surface area contributed by atoms with E-state index < -0.39 is 17.8 Å². The Bertz CT molecular complexity index is 1810. The average molecular weight is 564 g/mol. The Morgan fingerprint density at radius 2 is 1.67 bits per heavy atom. The standard InChI is InChI=1S/C34H30FN3O4/c1-37(2)33(40)21-11-13-26-24(15-21)20-42-32-14-12-22(17-28(26)32)34(41)38(31-10-6-4-8-29(31)35)25(19-39)16-23-18-36-30-9-5-3-7-27(23)30/h3-15,17-18,25,36,39H,16,19-20H2,1-2H3/t25-/m1/s1. The smallest absolute Gasteiger partial charge is 0.258 e. The lowest BCUT2D eigenvalue weighted by molar-refractivity contribution is 0.0827. The first kappa shape index (κ1) is 27.2. The Balaban J connectivity index is 1.40. The van der Waals surface area contributed by atoms with Crippen LogP contribution in [0.5, 0.6) is 5.75 Å². The number of nitrogens with one attached hydrogen (secondary N) is 1. The fourth-order valence-corrected chi connectivity index (χ4v) is 5.57. The van der Waals surface area contributed by atoms with Gasteiger partial charge in [0.15, 0.2) is 0 Å². The Morgan fingerprint density at radius 1 is 0.929 bits per heavy atom. The number of carbonyl (C=O) groups is 2. The Hall–Kier alpha value is -4.95. The van der Waals surface area contributed by atoms with E-state index >= 15 is 4.39 Å². The molecule has 7 nitrogen and oxygen atoms in total. The fourth-order valence-electron chi connectivity index (χ4n) is 5.57. The first-order valence-electron chi connectivity index (χ1n) is 13.7. The molecule has 1 atom stereocenters.